The van der Waals surface area contributed by atoms with E-state index in [2.05, 4.69) is 17.9 Å². The van der Waals surface area contributed by atoms with Gasteiger partial charge in [0.25, 0.3) is 0 Å². The Bertz CT molecular complexity index is 449. The molecule has 104 valence electrons. The van der Waals surface area contributed by atoms with Crippen LogP contribution in [0.25, 0.3) is 0 Å². The fraction of sp³-hybridized carbons (Fsp3) is 0.600. The Morgan fingerprint density at radius 2 is 2.32 bits per heavy atom. The van der Waals surface area contributed by atoms with Crippen LogP contribution in [0.4, 0.5) is 0 Å². The number of aliphatic hydroxyl groups excluding tert-OH is 1. The van der Waals surface area contributed by atoms with Crippen LogP contribution in [-0.2, 0) is 11.2 Å². The second-order valence-electron chi connectivity index (χ2n) is 5.21. The third kappa shape index (κ3) is 2.61. The first-order valence-electron chi connectivity index (χ1n) is 7.05. The summed E-state index contributed by atoms with van der Waals surface area (Å²) >= 11 is 0. The minimum atomic E-state index is -0.555. The van der Waals surface area contributed by atoms with E-state index in [1.165, 1.54) is 5.56 Å². The van der Waals surface area contributed by atoms with Crippen molar-refractivity contribution in [2.24, 2.45) is 0 Å². The van der Waals surface area contributed by atoms with Crippen molar-refractivity contribution in [1.82, 2.24) is 4.90 Å². The van der Waals surface area contributed by atoms with E-state index in [-0.39, 0.29) is 6.10 Å². The summed E-state index contributed by atoms with van der Waals surface area (Å²) in [6.07, 6.45) is 0.247. The quantitative estimate of drug-likeness (QED) is 0.894. The van der Waals surface area contributed by atoms with Gasteiger partial charge in [-0.3, -0.25) is 4.90 Å². The summed E-state index contributed by atoms with van der Waals surface area (Å²) in [5, 5.41) is 10.5. The van der Waals surface area contributed by atoms with E-state index >= 15 is 0 Å². The van der Waals surface area contributed by atoms with Crippen molar-refractivity contribution in [3.8, 4) is 5.75 Å². The van der Waals surface area contributed by atoms with Gasteiger partial charge in [0, 0.05) is 19.5 Å². The van der Waals surface area contributed by atoms with E-state index in [4.69, 9.17) is 9.47 Å². The zero-order chi connectivity index (χ0) is 13.2. The second kappa shape index (κ2) is 5.49. The number of nitrogens with zero attached hydrogens (tertiary/aromatic N) is 1. The highest BCUT2D eigenvalue weighted by Gasteiger charge is 2.28. The van der Waals surface area contributed by atoms with Crippen molar-refractivity contribution in [2.75, 3.05) is 32.8 Å². The van der Waals surface area contributed by atoms with Crippen molar-refractivity contribution in [3.05, 3.63) is 29.3 Å². The van der Waals surface area contributed by atoms with Crippen molar-refractivity contribution in [2.45, 2.75) is 25.6 Å². The van der Waals surface area contributed by atoms with Gasteiger partial charge >= 0.3 is 0 Å². The van der Waals surface area contributed by atoms with Crippen molar-refractivity contribution in [3.63, 3.8) is 0 Å². The van der Waals surface area contributed by atoms with Crippen LogP contribution in [0.3, 0.4) is 0 Å². The molecule has 1 aromatic rings. The third-order valence-corrected chi connectivity index (χ3v) is 4.03. The third-order valence-electron chi connectivity index (χ3n) is 4.03. The molecule has 2 unspecified atom stereocenters. The summed E-state index contributed by atoms with van der Waals surface area (Å²) in [6.45, 7) is 6.34. The molecule has 2 atom stereocenters. The maximum absolute atomic E-state index is 10.5. The van der Waals surface area contributed by atoms with Crippen LogP contribution in [0.15, 0.2) is 18.2 Å². The molecule has 0 spiro atoms. The molecule has 1 fully saturated rings. The molecule has 0 saturated carbocycles. The highest BCUT2D eigenvalue weighted by molar-refractivity contribution is 5.40. The number of fused-ring (bicyclic) bond motifs is 1. The lowest BCUT2D eigenvalue weighted by molar-refractivity contribution is -0.0889. The van der Waals surface area contributed by atoms with Gasteiger partial charge in [-0.25, -0.2) is 0 Å². The van der Waals surface area contributed by atoms with Gasteiger partial charge in [-0.1, -0.05) is 13.0 Å². The van der Waals surface area contributed by atoms with Gasteiger partial charge in [-0.2, -0.15) is 0 Å². The standard InChI is InChI=1S/C15H21NO3/c1-2-16-6-8-19-14(10-16)15(17)12-3-4-13-11(9-12)5-7-18-13/h3-4,9,14-15,17H,2,5-8,10H2,1H3. The number of benzene rings is 1. The van der Waals surface area contributed by atoms with Gasteiger partial charge in [0.2, 0.25) is 0 Å². The zero-order valence-electron chi connectivity index (χ0n) is 11.3. The first-order valence-corrected chi connectivity index (χ1v) is 7.05. The number of rotatable bonds is 3. The highest BCUT2D eigenvalue weighted by atomic mass is 16.5. The monoisotopic (exact) mass is 263 g/mol. The van der Waals surface area contributed by atoms with Crippen LogP contribution in [0.1, 0.15) is 24.2 Å². The number of hydrogen-bond acceptors (Lipinski definition) is 4. The Labute approximate surface area is 113 Å². The van der Waals surface area contributed by atoms with Gasteiger partial charge < -0.3 is 14.6 Å². The summed E-state index contributed by atoms with van der Waals surface area (Å²) in [6, 6.07) is 5.96. The van der Waals surface area contributed by atoms with Gasteiger partial charge in [0.1, 0.15) is 18.0 Å². The summed E-state index contributed by atoms with van der Waals surface area (Å²) < 4.78 is 11.2. The number of hydrogen-bond donors (Lipinski definition) is 1. The second-order valence-corrected chi connectivity index (χ2v) is 5.21. The molecular formula is C15H21NO3. The molecular weight excluding hydrogens is 242 g/mol. The summed E-state index contributed by atoms with van der Waals surface area (Å²) in [4.78, 5) is 2.31. The Kier molecular flexibility index (Phi) is 3.73. The number of likely N-dealkylation sites (N-methyl/N-ethyl adjacent to an activating group) is 1. The van der Waals surface area contributed by atoms with Crippen LogP contribution < -0.4 is 4.74 Å². The molecule has 0 aromatic heterocycles. The van der Waals surface area contributed by atoms with Crippen LogP contribution in [0.5, 0.6) is 5.75 Å². The zero-order valence-corrected chi connectivity index (χ0v) is 11.3. The Balaban J connectivity index is 1.74. The Hall–Kier alpha value is -1.10. The lowest BCUT2D eigenvalue weighted by Crippen LogP contribution is -2.44. The molecule has 0 radical (unpaired) electrons. The predicted molar refractivity (Wildman–Crippen MR) is 72.5 cm³/mol. The van der Waals surface area contributed by atoms with Crippen LogP contribution in [0, 0.1) is 0 Å². The molecule has 1 N–H and O–H groups in total. The molecule has 0 aliphatic carbocycles. The van der Waals surface area contributed by atoms with E-state index in [1.807, 2.05) is 12.1 Å². The smallest absolute Gasteiger partial charge is 0.122 e. The molecule has 2 heterocycles. The lowest BCUT2D eigenvalue weighted by atomic mass is 10.00. The lowest BCUT2D eigenvalue weighted by Gasteiger charge is -2.34. The molecule has 4 nitrogen and oxygen atoms in total. The van der Waals surface area contributed by atoms with Crippen molar-refractivity contribution >= 4 is 0 Å². The van der Waals surface area contributed by atoms with Crippen LogP contribution in [-0.4, -0.2) is 49.0 Å². The van der Waals surface area contributed by atoms with Gasteiger partial charge in [0.05, 0.1) is 13.2 Å². The summed E-state index contributed by atoms with van der Waals surface area (Å²) in [5.74, 6) is 0.954. The van der Waals surface area contributed by atoms with E-state index in [9.17, 15) is 5.11 Å². The minimum Gasteiger partial charge on any atom is -0.493 e. The molecule has 2 aliphatic rings. The van der Waals surface area contributed by atoms with E-state index in [1.54, 1.807) is 0 Å². The fourth-order valence-electron chi connectivity index (χ4n) is 2.81. The molecule has 1 aromatic carbocycles. The van der Waals surface area contributed by atoms with Crippen molar-refractivity contribution < 1.29 is 14.6 Å². The first kappa shape index (κ1) is 12.9. The fourth-order valence-corrected chi connectivity index (χ4v) is 2.81. The average Bonchev–Trinajstić information content (AvgIpc) is 2.94. The molecule has 19 heavy (non-hydrogen) atoms. The number of aliphatic hydroxyl groups is 1. The summed E-state index contributed by atoms with van der Waals surface area (Å²) in [7, 11) is 0. The van der Waals surface area contributed by atoms with Gasteiger partial charge in [0.15, 0.2) is 0 Å². The largest absolute Gasteiger partial charge is 0.493 e. The van der Waals surface area contributed by atoms with Crippen LogP contribution >= 0.6 is 0 Å². The van der Waals surface area contributed by atoms with Gasteiger partial charge in [-0.15, -0.1) is 0 Å². The molecule has 4 heteroatoms. The normalized spacial score (nSPS) is 24.8. The molecule has 2 aliphatic heterocycles. The average molecular weight is 263 g/mol. The molecule has 1 saturated heterocycles. The first-order chi connectivity index (χ1) is 9.28. The van der Waals surface area contributed by atoms with E-state index < -0.39 is 6.10 Å². The van der Waals surface area contributed by atoms with E-state index in [0.717, 1.165) is 44.0 Å². The Morgan fingerprint density at radius 3 is 3.16 bits per heavy atom. The predicted octanol–water partition coefficient (Wildman–Crippen LogP) is 1.38. The number of ether oxygens (including phenoxy) is 2. The maximum Gasteiger partial charge on any atom is 0.122 e. The summed E-state index contributed by atoms with van der Waals surface area (Å²) in [5.41, 5.74) is 2.13. The maximum atomic E-state index is 10.5. The molecule has 0 amide bonds. The number of morpholine rings is 1. The SMILES string of the molecule is CCN1CCOC(C(O)c2ccc3c(c2)CCO3)C1. The minimum absolute atomic E-state index is 0.130. The highest BCUT2D eigenvalue weighted by Crippen LogP contribution is 2.30. The molecule has 3 rings (SSSR count). The Morgan fingerprint density at radius 1 is 1.42 bits per heavy atom. The van der Waals surface area contributed by atoms with Crippen molar-refractivity contribution in [1.29, 1.82) is 0 Å². The van der Waals surface area contributed by atoms with Gasteiger partial charge in [-0.05, 0) is 29.8 Å². The molecule has 0 bridgehead atoms. The van der Waals surface area contributed by atoms with E-state index in [0.29, 0.717) is 6.61 Å². The van der Waals surface area contributed by atoms with Crippen LogP contribution in [0.2, 0.25) is 0 Å². The topological polar surface area (TPSA) is 41.9 Å².